The van der Waals surface area contributed by atoms with E-state index in [0.717, 1.165) is 0 Å². The third-order valence-electron chi connectivity index (χ3n) is 1.34. The van der Waals surface area contributed by atoms with Gasteiger partial charge in [0.15, 0.2) is 0 Å². The molecule has 9 heavy (non-hydrogen) atoms. The molecule has 0 aromatic heterocycles. The first kappa shape index (κ1) is 9.14. The van der Waals surface area contributed by atoms with Crippen molar-refractivity contribution in [2.45, 2.75) is 18.6 Å². The minimum absolute atomic E-state index is 0. The van der Waals surface area contributed by atoms with Crippen LogP contribution >= 0.6 is 12.4 Å². The molecule has 0 spiro atoms. The molecule has 0 aromatic rings. The maximum Gasteiger partial charge on any atom is 0.138 e. The summed E-state index contributed by atoms with van der Waals surface area (Å²) in [6.45, 7) is 0.794. The number of halogens is 2. The SMILES string of the molecule is Cl.N[C@@H]1CCOC[C@@H]1F. The van der Waals surface area contributed by atoms with E-state index in [4.69, 9.17) is 10.5 Å². The summed E-state index contributed by atoms with van der Waals surface area (Å²) in [6, 6.07) is -0.288. The minimum atomic E-state index is -0.941. The Balaban J connectivity index is 0.000000640. The Morgan fingerprint density at radius 3 is 2.56 bits per heavy atom. The van der Waals surface area contributed by atoms with Crippen LogP contribution in [0.4, 0.5) is 4.39 Å². The molecule has 56 valence electrons. The molecule has 1 aliphatic heterocycles. The lowest BCUT2D eigenvalue weighted by Crippen LogP contribution is -2.39. The van der Waals surface area contributed by atoms with Crippen molar-refractivity contribution in [1.82, 2.24) is 0 Å². The molecule has 1 rings (SSSR count). The molecule has 0 aromatic carbocycles. The lowest BCUT2D eigenvalue weighted by molar-refractivity contribution is 0.0238. The van der Waals surface area contributed by atoms with E-state index in [-0.39, 0.29) is 25.1 Å². The summed E-state index contributed by atoms with van der Waals surface area (Å²) in [5, 5.41) is 0. The van der Waals surface area contributed by atoms with Crippen molar-refractivity contribution < 1.29 is 9.13 Å². The zero-order valence-electron chi connectivity index (χ0n) is 5.05. The van der Waals surface area contributed by atoms with Gasteiger partial charge in [-0.3, -0.25) is 0 Å². The minimum Gasteiger partial charge on any atom is -0.378 e. The predicted octanol–water partition coefficient (Wildman–Crippen LogP) is 0.494. The van der Waals surface area contributed by atoms with Crippen LogP contribution in [0.25, 0.3) is 0 Å². The van der Waals surface area contributed by atoms with Crippen LogP contribution in [0.15, 0.2) is 0 Å². The van der Waals surface area contributed by atoms with Crippen molar-refractivity contribution in [1.29, 1.82) is 0 Å². The Morgan fingerprint density at radius 2 is 2.22 bits per heavy atom. The molecule has 2 nitrogen and oxygen atoms in total. The highest BCUT2D eigenvalue weighted by molar-refractivity contribution is 5.85. The first-order valence-electron chi connectivity index (χ1n) is 2.78. The second-order valence-corrected chi connectivity index (χ2v) is 2.04. The van der Waals surface area contributed by atoms with Crippen LogP contribution in [0.2, 0.25) is 0 Å². The maximum absolute atomic E-state index is 12.3. The van der Waals surface area contributed by atoms with Crippen LogP contribution in [0.3, 0.4) is 0 Å². The van der Waals surface area contributed by atoms with Crippen LogP contribution in [0.1, 0.15) is 6.42 Å². The fraction of sp³-hybridized carbons (Fsp3) is 1.00. The number of rotatable bonds is 0. The quantitative estimate of drug-likeness (QED) is 0.553. The van der Waals surface area contributed by atoms with Gasteiger partial charge in [-0.25, -0.2) is 4.39 Å². The van der Waals surface area contributed by atoms with Crippen LogP contribution in [-0.2, 0) is 4.74 Å². The maximum atomic E-state index is 12.3. The smallest absolute Gasteiger partial charge is 0.138 e. The number of hydrogen-bond donors (Lipinski definition) is 1. The zero-order valence-corrected chi connectivity index (χ0v) is 5.86. The summed E-state index contributed by atoms with van der Waals surface area (Å²) < 4.78 is 17.1. The molecule has 1 fully saturated rings. The van der Waals surface area contributed by atoms with E-state index in [0.29, 0.717) is 13.0 Å². The van der Waals surface area contributed by atoms with Crippen LogP contribution in [-0.4, -0.2) is 25.4 Å². The normalized spacial score (nSPS) is 35.3. The van der Waals surface area contributed by atoms with E-state index in [2.05, 4.69) is 0 Å². The van der Waals surface area contributed by atoms with Crippen molar-refractivity contribution in [3.05, 3.63) is 0 Å². The summed E-state index contributed by atoms with van der Waals surface area (Å²) in [7, 11) is 0. The van der Waals surface area contributed by atoms with Crippen LogP contribution in [0, 0.1) is 0 Å². The van der Waals surface area contributed by atoms with Crippen LogP contribution in [0.5, 0.6) is 0 Å². The second kappa shape index (κ2) is 4.04. The number of alkyl halides is 1. The lowest BCUT2D eigenvalue weighted by Gasteiger charge is -2.21. The van der Waals surface area contributed by atoms with E-state index in [9.17, 15) is 4.39 Å². The Bertz CT molecular complexity index is 73.4. The molecule has 0 bridgehead atoms. The highest BCUT2D eigenvalue weighted by Gasteiger charge is 2.20. The second-order valence-electron chi connectivity index (χ2n) is 2.04. The average molecular weight is 156 g/mol. The molecule has 2 atom stereocenters. The van der Waals surface area contributed by atoms with Gasteiger partial charge in [0.05, 0.1) is 6.61 Å². The molecule has 2 N–H and O–H groups in total. The molecule has 1 saturated heterocycles. The Morgan fingerprint density at radius 1 is 1.56 bits per heavy atom. The Hall–Kier alpha value is 0.140. The van der Waals surface area contributed by atoms with E-state index < -0.39 is 6.17 Å². The van der Waals surface area contributed by atoms with Crippen molar-refractivity contribution in [2.24, 2.45) is 5.73 Å². The first-order chi connectivity index (χ1) is 3.80. The van der Waals surface area contributed by atoms with Crippen LogP contribution < -0.4 is 5.73 Å². The average Bonchev–Trinajstić information content (AvgIpc) is 1.77. The third kappa shape index (κ3) is 2.47. The predicted molar refractivity (Wildman–Crippen MR) is 35.6 cm³/mol. The van der Waals surface area contributed by atoms with E-state index >= 15 is 0 Å². The molecule has 0 radical (unpaired) electrons. The Labute approximate surface area is 60.0 Å². The third-order valence-corrected chi connectivity index (χ3v) is 1.34. The fourth-order valence-electron chi connectivity index (χ4n) is 0.720. The topological polar surface area (TPSA) is 35.2 Å². The first-order valence-corrected chi connectivity index (χ1v) is 2.78. The monoisotopic (exact) mass is 155 g/mol. The van der Waals surface area contributed by atoms with Gasteiger partial charge in [0, 0.05) is 12.6 Å². The standard InChI is InChI=1S/C5H10FNO.ClH/c6-4-3-8-2-1-5(4)7;/h4-5H,1-3,7H2;1H/t4-,5+;/m0./s1. The molecule has 0 saturated carbocycles. The van der Waals surface area contributed by atoms with E-state index in [1.54, 1.807) is 0 Å². The number of ether oxygens (including phenoxy) is 1. The van der Waals surface area contributed by atoms with E-state index in [1.165, 1.54) is 0 Å². The van der Waals surface area contributed by atoms with Crippen molar-refractivity contribution in [3.8, 4) is 0 Å². The molecule has 1 heterocycles. The fourth-order valence-corrected chi connectivity index (χ4v) is 0.720. The number of hydrogen-bond acceptors (Lipinski definition) is 2. The molecular formula is C5H11ClFNO. The number of nitrogens with two attached hydrogens (primary N) is 1. The van der Waals surface area contributed by atoms with Crippen molar-refractivity contribution in [3.63, 3.8) is 0 Å². The zero-order chi connectivity index (χ0) is 5.98. The van der Waals surface area contributed by atoms with Gasteiger partial charge in [-0.05, 0) is 6.42 Å². The van der Waals surface area contributed by atoms with Crippen molar-refractivity contribution in [2.75, 3.05) is 13.2 Å². The summed E-state index contributed by atoms with van der Waals surface area (Å²) in [4.78, 5) is 0. The molecular weight excluding hydrogens is 145 g/mol. The van der Waals surface area contributed by atoms with Gasteiger partial charge in [-0.1, -0.05) is 0 Å². The molecule has 4 heteroatoms. The van der Waals surface area contributed by atoms with Gasteiger partial charge in [0.1, 0.15) is 6.17 Å². The van der Waals surface area contributed by atoms with Gasteiger partial charge in [-0.2, -0.15) is 0 Å². The summed E-state index contributed by atoms with van der Waals surface area (Å²) in [6.07, 6.45) is -0.287. The molecule has 0 unspecified atom stereocenters. The Kier molecular flexibility index (Phi) is 4.10. The van der Waals surface area contributed by atoms with Gasteiger partial charge in [0.2, 0.25) is 0 Å². The highest BCUT2D eigenvalue weighted by atomic mass is 35.5. The molecule has 1 aliphatic rings. The van der Waals surface area contributed by atoms with Gasteiger partial charge in [0.25, 0.3) is 0 Å². The lowest BCUT2D eigenvalue weighted by atomic mass is 10.1. The highest BCUT2D eigenvalue weighted by Crippen LogP contribution is 2.07. The van der Waals surface area contributed by atoms with Gasteiger partial charge < -0.3 is 10.5 Å². The van der Waals surface area contributed by atoms with E-state index in [1.807, 2.05) is 0 Å². The van der Waals surface area contributed by atoms with Crippen molar-refractivity contribution >= 4 is 12.4 Å². The van der Waals surface area contributed by atoms with Gasteiger partial charge >= 0.3 is 0 Å². The molecule has 0 amide bonds. The summed E-state index contributed by atoms with van der Waals surface area (Å²) in [5.41, 5.74) is 5.32. The van der Waals surface area contributed by atoms with Gasteiger partial charge in [-0.15, -0.1) is 12.4 Å². The molecule has 0 aliphatic carbocycles. The largest absolute Gasteiger partial charge is 0.378 e. The summed E-state index contributed by atoms with van der Waals surface area (Å²) in [5.74, 6) is 0. The summed E-state index contributed by atoms with van der Waals surface area (Å²) >= 11 is 0.